The molecule has 2 heteroatoms. The molecule has 2 aromatic carbocycles. The molecule has 16 heavy (non-hydrogen) atoms. The SMILES string of the molecule is CC[S+](c1ccccc1)c1ccccc1.[Cl-]. The maximum absolute atomic E-state index is 2.25. The second-order valence-corrected chi connectivity index (χ2v) is 5.61. The summed E-state index contributed by atoms with van der Waals surface area (Å²) < 4.78 is 0. The van der Waals surface area contributed by atoms with E-state index in [4.69, 9.17) is 0 Å². The summed E-state index contributed by atoms with van der Waals surface area (Å²) in [5, 5.41) is 0. The minimum absolute atomic E-state index is 0. The van der Waals surface area contributed by atoms with E-state index >= 15 is 0 Å². The van der Waals surface area contributed by atoms with Gasteiger partial charge in [0.25, 0.3) is 0 Å². The zero-order valence-electron chi connectivity index (χ0n) is 9.27. The number of benzene rings is 2. The summed E-state index contributed by atoms with van der Waals surface area (Å²) in [5.41, 5.74) is 0. The van der Waals surface area contributed by atoms with Crippen molar-refractivity contribution in [3.8, 4) is 0 Å². The lowest BCUT2D eigenvalue weighted by molar-refractivity contribution is -0.00000303. The Morgan fingerprint density at radius 3 is 1.44 bits per heavy atom. The van der Waals surface area contributed by atoms with Crippen molar-refractivity contribution in [2.24, 2.45) is 0 Å². The van der Waals surface area contributed by atoms with Crippen molar-refractivity contribution in [3.63, 3.8) is 0 Å². The number of hydrogen-bond acceptors (Lipinski definition) is 0. The molecule has 84 valence electrons. The Balaban J connectivity index is 0.00000128. The molecule has 2 aromatic rings. The summed E-state index contributed by atoms with van der Waals surface area (Å²) in [4.78, 5) is 2.87. The molecular weight excluding hydrogens is 236 g/mol. The van der Waals surface area contributed by atoms with Crippen molar-refractivity contribution in [1.29, 1.82) is 0 Å². The van der Waals surface area contributed by atoms with E-state index in [1.54, 1.807) is 0 Å². The van der Waals surface area contributed by atoms with Crippen molar-refractivity contribution < 1.29 is 12.4 Å². The van der Waals surface area contributed by atoms with Gasteiger partial charge in [-0.25, -0.2) is 0 Å². The zero-order chi connectivity index (χ0) is 10.5. The highest BCUT2D eigenvalue weighted by Crippen LogP contribution is 2.22. The van der Waals surface area contributed by atoms with Gasteiger partial charge in [-0.3, -0.25) is 0 Å². The molecule has 0 saturated heterocycles. The van der Waals surface area contributed by atoms with Gasteiger partial charge in [-0.15, -0.1) is 0 Å². The molecule has 0 bridgehead atoms. The fourth-order valence-corrected chi connectivity index (χ4v) is 3.55. The topological polar surface area (TPSA) is 0 Å². The van der Waals surface area contributed by atoms with Gasteiger partial charge in [0.1, 0.15) is 5.75 Å². The van der Waals surface area contributed by atoms with Crippen LogP contribution in [0.1, 0.15) is 6.92 Å². The van der Waals surface area contributed by atoms with Crippen LogP contribution < -0.4 is 12.4 Å². The Labute approximate surface area is 106 Å². The lowest BCUT2D eigenvalue weighted by Gasteiger charge is -2.04. The molecule has 0 radical (unpaired) electrons. The predicted octanol–water partition coefficient (Wildman–Crippen LogP) is 0.747. The Morgan fingerprint density at radius 1 is 0.750 bits per heavy atom. The lowest BCUT2D eigenvalue weighted by Crippen LogP contribution is -3.00. The van der Waals surface area contributed by atoms with Gasteiger partial charge in [0.2, 0.25) is 0 Å². The van der Waals surface area contributed by atoms with Crippen molar-refractivity contribution in [2.75, 3.05) is 5.75 Å². The van der Waals surface area contributed by atoms with Gasteiger partial charge in [-0.2, -0.15) is 0 Å². The zero-order valence-corrected chi connectivity index (χ0v) is 10.8. The first-order valence-corrected chi connectivity index (χ1v) is 6.62. The van der Waals surface area contributed by atoms with Crippen LogP contribution in [0.2, 0.25) is 0 Å². The molecule has 0 aliphatic heterocycles. The maximum atomic E-state index is 2.25. The van der Waals surface area contributed by atoms with Gasteiger partial charge in [0.15, 0.2) is 9.79 Å². The van der Waals surface area contributed by atoms with Crippen LogP contribution in [-0.2, 0) is 10.9 Å². The summed E-state index contributed by atoms with van der Waals surface area (Å²) in [6.45, 7) is 2.25. The number of rotatable bonds is 3. The van der Waals surface area contributed by atoms with Crippen molar-refractivity contribution in [1.82, 2.24) is 0 Å². The van der Waals surface area contributed by atoms with E-state index in [1.807, 2.05) is 0 Å². The van der Waals surface area contributed by atoms with E-state index < -0.39 is 0 Å². The van der Waals surface area contributed by atoms with Crippen molar-refractivity contribution in [3.05, 3.63) is 60.7 Å². The summed E-state index contributed by atoms with van der Waals surface area (Å²) in [6, 6.07) is 21.5. The smallest absolute Gasteiger partial charge is 0.160 e. The maximum Gasteiger partial charge on any atom is 0.160 e. The molecule has 0 fully saturated rings. The van der Waals surface area contributed by atoms with Gasteiger partial charge in [0.05, 0.1) is 10.9 Å². The average molecular weight is 251 g/mol. The van der Waals surface area contributed by atoms with Gasteiger partial charge >= 0.3 is 0 Å². The largest absolute Gasteiger partial charge is 1.00 e. The third-order valence-electron chi connectivity index (χ3n) is 2.34. The summed E-state index contributed by atoms with van der Waals surface area (Å²) in [6.07, 6.45) is 0. The van der Waals surface area contributed by atoms with Crippen LogP contribution in [0, 0.1) is 0 Å². The monoisotopic (exact) mass is 250 g/mol. The van der Waals surface area contributed by atoms with Crippen LogP contribution in [0.15, 0.2) is 70.5 Å². The van der Waals surface area contributed by atoms with E-state index in [0.29, 0.717) is 0 Å². The molecule has 0 spiro atoms. The van der Waals surface area contributed by atoms with Gasteiger partial charge in [-0.05, 0) is 31.2 Å². The second kappa shape index (κ2) is 6.62. The first-order chi connectivity index (χ1) is 7.42. The summed E-state index contributed by atoms with van der Waals surface area (Å²) >= 11 is 0. The van der Waals surface area contributed by atoms with E-state index in [9.17, 15) is 0 Å². The number of hydrogen-bond donors (Lipinski definition) is 0. The van der Waals surface area contributed by atoms with E-state index in [0.717, 1.165) is 0 Å². The molecule has 0 aliphatic carbocycles. The quantitative estimate of drug-likeness (QED) is 0.706. The summed E-state index contributed by atoms with van der Waals surface area (Å²) in [7, 11) is 0.242. The predicted molar refractivity (Wildman–Crippen MR) is 67.3 cm³/mol. The highest BCUT2D eigenvalue weighted by molar-refractivity contribution is 7.97. The minimum atomic E-state index is 0. The molecule has 0 unspecified atom stereocenters. The Bertz CT molecular complexity index is 360. The first kappa shape index (κ1) is 13.1. The Morgan fingerprint density at radius 2 is 1.12 bits per heavy atom. The normalized spacial score (nSPS) is 9.88. The average Bonchev–Trinajstić information content (AvgIpc) is 2.33. The van der Waals surface area contributed by atoms with Crippen LogP contribution in [0.3, 0.4) is 0 Å². The summed E-state index contributed by atoms with van der Waals surface area (Å²) in [5.74, 6) is 1.17. The molecule has 0 N–H and O–H groups in total. The number of halogens is 1. The van der Waals surface area contributed by atoms with Crippen molar-refractivity contribution >= 4 is 10.9 Å². The third-order valence-corrected chi connectivity index (χ3v) is 4.60. The highest BCUT2D eigenvalue weighted by atomic mass is 35.5. The third kappa shape index (κ3) is 3.03. The van der Waals surface area contributed by atoms with E-state index in [2.05, 4.69) is 67.6 Å². The molecule has 0 aromatic heterocycles. The molecule has 0 aliphatic rings. The highest BCUT2D eigenvalue weighted by Gasteiger charge is 2.21. The van der Waals surface area contributed by atoms with Crippen LogP contribution in [0.4, 0.5) is 0 Å². The van der Waals surface area contributed by atoms with Crippen LogP contribution in [-0.4, -0.2) is 5.75 Å². The molecule has 0 heterocycles. The van der Waals surface area contributed by atoms with Crippen LogP contribution in [0.5, 0.6) is 0 Å². The standard InChI is InChI=1S/C14H15S.ClH/c1-2-15(13-9-5-3-6-10-13)14-11-7-4-8-12-14;/h3-12H,2H2,1H3;1H/q+1;/p-1. The molecule has 0 atom stereocenters. The molecule has 0 amide bonds. The second-order valence-electron chi connectivity index (χ2n) is 3.31. The minimum Gasteiger partial charge on any atom is -1.00 e. The van der Waals surface area contributed by atoms with Crippen LogP contribution in [0.25, 0.3) is 0 Å². The van der Waals surface area contributed by atoms with E-state index in [1.165, 1.54) is 15.5 Å². The Kier molecular flexibility index (Phi) is 5.44. The first-order valence-electron chi connectivity index (χ1n) is 5.23. The molecular formula is C14H15ClS. The van der Waals surface area contributed by atoms with Gasteiger partial charge < -0.3 is 12.4 Å². The van der Waals surface area contributed by atoms with Crippen molar-refractivity contribution in [2.45, 2.75) is 16.7 Å². The lowest BCUT2D eigenvalue weighted by atomic mass is 10.4. The van der Waals surface area contributed by atoms with Crippen LogP contribution >= 0.6 is 0 Å². The molecule has 0 saturated carbocycles. The fourth-order valence-electron chi connectivity index (χ4n) is 1.64. The van der Waals surface area contributed by atoms with Gasteiger partial charge in [0, 0.05) is 0 Å². The van der Waals surface area contributed by atoms with Gasteiger partial charge in [-0.1, -0.05) is 36.4 Å². The fraction of sp³-hybridized carbons (Fsp3) is 0.143. The van der Waals surface area contributed by atoms with E-state index in [-0.39, 0.29) is 23.3 Å². The molecule has 2 rings (SSSR count). The molecule has 0 nitrogen and oxygen atoms in total. The Hall–Kier alpha value is -0.920.